The number of nitrogens with zero attached hydrogens (tertiary/aromatic N) is 4. The number of hydrazine groups is 1. The van der Waals surface area contributed by atoms with E-state index in [1.165, 1.54) is 0 Å². The average molecular weight is 250 g/mol. The summed E-state index contributed by atoms with van der Waals surface area (Å²) >= 11 is 0. The number of amides is 1. The van der Waals surface area contributed by atoms with E-state index in [4.69, 9.17) is 5.73 Å². The van der Waals surface area contributed by atoms with Crippen LogP contribution in [0.15, 0.2) is 6.07 Å². The number of nitrogen functional groups attached to an aromatic ring is 1. The quantitative estimate of drug-likeness (QED) is 0.719. The predicted octanol–water partition coefficient (Wildman–Crippen LogP) is -0.741. The number of hydrogen-bond acceptors (Lipinski definition) is 6. The van der Waals surface area contributed by atoms with Crippen molar-refractivity contribution < 1.29 is 4.79 Å². The largest absolute Gasteiger partial charge is 0.368 e. The Hall–Kier alpha value is -1.73. The van der Waals surface area contributed by atoms with Gasteiger partial charge in [0.25, 0.3) is 5.91 Å². The number of aromatic nitrogens is 2. The Kier molecular flexibility index (Phi) is 3.73. The minimum absolute atomic E-state index is 0.124. The van der Waals surface area contributed by atoms with Gasteiger partial charge in [-0.3, -0.25) is 10.2 Å². The highest BCUT2D eigenvalue weighted by Gasteiger charge is 2.17. The molecule has 1 aromatic rings. The second-order valence-electron chi connectivity index (χ2n) is 4.48. The molecule has 1 amide bonds. The summed E-state index contributed by atoms with van der Waals surface area (Å²) in [6.45, 7) is 5.27. The van der Waals surface area contributed by atoms with Gasteiger partial charge in [-0.2, -0.15) is 0 Å². The first kappa shape index (κ1) is 12.7. The molecule has 0 aromatic carbocycles. The summed E-state index contributed by atoms with van der Waals surface area (Å²) in [6, 6.07) is 1.63. The molecule has 0 bridgehead atoms. The summed E-state index contributed by atoms with van der Waals surface area (Å²) in [5.41, 5.74) is 9.35. The minimum Gasteiger partial charge on any atom is -0.368 e. The van der Waals surface area contributed by atoms with Gasteiger partial charge < -0.3 is 10.6 Å². The summed E-state index contributed by atoms with van der Waals surface area (Å²) in [5, 5.41) is 1.90. The molecule has 0 unspecified atom stereocenters. The number of carbonyl (C=O) groups is 1. The van der Waals surface area contributed by atoms with Crippen molar-refractivity contribution in [2.45, 2.75) is 6.92 Å². The molecule has 0 radical (unpaired) electrons. The fourth-order valence-electron chi connectivity index (χ4n) is 1.83. The lowest BCUT2D eigenvalue weighted by Gasteiger charge is -2.32. The van der Waals surface area contributed by atoms with Gasteiger partial charge in [0.1, 0.15) is 5.69 Å². The van der Waals surface area contributed by atoms with Crippen LogP contribution in [0.2, 0.25) is 0 Å². The first-order chi connectivity index (χ1) is 8.54. The second-order valence-corrected chi connectivity index (χ2v) is 4.48. The Morgan fingerprint density at radius 1 is 1.33 bits per heavy atom. The van der Waals surface area contributed by atoms with E-state index in [1.807, 2.05) is 5.01 Å². The zero-order chi connectivity index (χ0) is 13.1. The van der Waals surface area contributed by atoms with Crippen LogP contribution in [0.3, 0.4) is 0 Å². The Morgan fingerprint density at radius 2 is 2.00 bits per heavy atom. The Bertz CT molecular complexity index is 421. The van der Waals surface area contributed by atoms with E-state index in [9.17, 15) is 4.79 Å². The fourth-order valence-corrected chi connectivity index (χ4v) is 1.83. The third-order valence-electron chi connectivity index (χ3n) is 2.87. The summed E-state index contributed by atoms with van der Waals surface area (Å²) in [5.74, 6) is -0.115. The van der Waals surface area contributed by atoms with Gasteiger partial charge in [-0.15, -0.1) is 0 Å². The maximum Gasteiger partial charge on any atom is 0.284 e. The van der Waals surface area contributed by atoms with Gasteiger partial charge in [0.15, 0.2) is 0 Å². The number of likely N-dealkylation sites (N-methyl/N-ethyl adjacent to an activating group) is 1. The standard InChI is InChI=1S/C11H18N6O/c1-8-7-9(14-11(12)13-8)10(18)15-17-5-3-16(2)4-6-17/h7H,3-6H2,1-2H3,(H,15,18)(H2,12,13,14). The summed E-state index contributed by atoms with van der Waals surface area (Å²) in [4.78, 5) is 22.1. The van der Waals surface area contributed by atoms with E-state index in [2.05, 4.69) is 27.3 Å². The van der Waals surface area contributed by atoms with E-state index < -0.39 is 0 Å². The molecule has 1 aliphatic rings. The summed E-state index contributed by atoms with van der Waals surface area (Å²) < 4.78 is 0. The van der Waals surface area contributed by atoms with Crippen LogP contribution in [-0.4, -0.2) is 59.0 Å². The van der Waals surface area contributed by atoms with Crippen LogP contribution in [0.1, 0.15) is 16.2 Å². The SMILES string of the molecule is Cc1cc(C(=O)NN2CCN(C)CC2)nc(N)n1. The molecule has 18 heavy (non-hydrogen) atoms. The summed E-state index contributed by atoms with van der Waals surface area (Å²) in [6.07, 6.45) is 0. The highest BCUT2D eigenvalue weighted by Crippen LogP contribution is 2.03. The first-order valence-electron chi connectivity index (χ1n) is 5.90. The zero-order valence-electron chi connectivity index (χ0n) is 10.7. The third-order valence-corrected chi connectivity index (χ3v) is 2.87. The van der Waals surface area contributed by atoms with Gasteiger partial charge >= 0.3 is 0 Å². The van der Waals surface area contributed by atoms with E-state index in [0.717, 1.165) is 26.2 Å². The number of carbonyl (C=O) groups excluding carboxylic acids is 1. The predicted molar refractivity (Wildman–Crippen MR) is 67.7 cm³/mol. The maximum atomic E-state index is 12.0. The van der Waals surface area contributed by atoms with Gasteiger partial charge in [-0.1, -0.05) is 0 Å². The zero-order valence-corrected chi connectivity index (χ0v) is 10.7. The van der Waals surface area contributed by atoms with Gasteiger partial charge in [-0.05, 0) is 20.0 Å². The van der Waals surface area contributed by atoms with Crippen molar-refractivity contribution >= 4 is 11.9 Å². The van der Waals surface area contributed by atoms with Crippen molar-refractivity contribution in [1.29, 1.82) is 0 Å². The van der Waals surface area contributed by atoms with E-state index in [0.29, 0.717) is 11.4 Å². The van der Waals surface area contributed by atoms with Gasteiger partial charge in [0.05, 0.1) is 0 Å². The molecular formula is C11H18N6O. The third kappa shape index (κ3) is 3.14. The molecule has 98 valence electrons. The van der Waals surface area contributed by atoms with Crippen LogP contribution < -0.4 is 11.2 Å². The maximum absolute atomic E-state index is 12.0. The lowest BCUT2D eigenvalue weighted by Crippen LogP contribution is -2.52. The number of rotatable bonds is 2. The molecule has 7 heteroatoms. The Morgan fingerprint density at radius 3 is 2.61 bits per heavy atom. The number of nitrogens with one attached hydrogen (secondary N) is 1. The molecule has 7 nitrogen and oxygen atoms in total. The topological polar surface area (TPSA) is 87.4 Å². The highest BCUT2D eigenvalue weighted by molar-refractivity contribution is 5.92. The molecule has 0 spiro atoms. The fraction of sp³-hybridized carbons (Fsp3) is 0.545. The van der Waals surface area contributed by atoms with Crippen molar-refractivity contribution in [2.75, 3.05) is 39.0 Å². The van der Waals surface area contributed by atoms with Crippen molar-refractivity contribution in [3.8, 4) is 0 Å². The van der Waals surface area contributed by atoms with Crippen LogP contribution in [-0.2, 0) is 0 Å². The number of piperazine rings is 1. The molecular weight excluding hydrogens is 232 g/mol. The average Bonchev–Trinajstić information content (AvgIpc) is 2.31. The van der Waals surface area contributed by atoms with Crippen molar-refractivity contribution in [1.82, 2.24) is 25.3 Å². The van der Waals surface area contributed by atoms with E-state index in [1.54, 1.807) is 13.0 Å². The molecule has 0 atom stereocenters. The molecule has 1 aromatic heterocycles. The van der Waals surface area contributed by atoms with Crippen LogP contribution in [0.4, 0.5) is 5.95 Å². The number of aryl methyl sites for hydroxylation is 1. The minimum atomic E-state index is -0.239. The first-order valence-corrected chi connectivity index (χ1v) is 5.90. The normalized spacial score (nSPS) is 17.7. The van der Waals surface area contributed by atoms with Gasteiger partial charge in [0, 0.05) is 31.9 Å². The number of anilines is 1. The molecule has 1 fully saturated rings. The summed E-state index contributed by atoms with van der Waals surface area (Å²) in [7, 11) is 2.06. The van der Waals surface area contributed by atoms with Gasteiger partial charge in [-0.25, -0.2) is 15.0 Å². The monoisotopic (exact) mass is 250 g/mol. The Balaban J connectivity index is 1.99. The molecule has 0 saturated carbocycles. The van der Waals surface area contributed by atoms with Crippen LogP contribution in [0.25, 0.3) is 0 Å². The molecule has 2 heterocycles. The lowest BCUT2D eigenvalue weighted by atomic mass is 10.3. The number of nitrogens with two attached hydrogens (primary N) is 1. The van der Waals surface area contributed by atoms with Crippen LogP contribution in [0, 0.1) is 6.92 Å². The smallest absolute Gasteiger partial charge is 0.284 e. The molecule has 3 N–H and O–H groups in total. The van der Waals surface area contributed by atoms with E-state index >= 15 is 0 Å². The molecule has 2 rings (SSSR count). The van der Waals surface area contributed by atoms with Crippen LogP contribution in [0.5, 0.6) is 0 Å². The van der Waals surface area contributed by atoms with Crippen molar-refractivity contribution in [2.24, 2.45) is 0 Å². The highest BCUT2D eigenvalue weighted by atomic mass is 16.2. The van der Waals surface area contributed by atoms with E-state index in [-0.39, 0.29) is 11.9 Å². The number of hydrogen-bond donors (Lipinski definition) is 2. The second kappa shape index (κ2) is 5.28. The van der Waals surface area contributed by atoms with Crippen molar-refractivity contribution in [3.63, 3.8) is 0 Å². The van der Waals surface area contributed by atoms with Crippen molar-refractivity contribution in [3.05, 3.63) is 17.5 Å². The van der Waals surface area contributed by atoms with Crippen LogP contribution >= 0.6 is 0 Å². The molecule has 0 aliphatic carbocycles. The molecule has 1 saturated heterocycles. The van der Waals surface area contributed by atoms with Gasteiger partial charge in [0.2, 0.25) is 5.95 Å². The molecule has 1 aliphatic heterocycles. The lowest BCUT2D eigenvalue weighted by molar-refractivity contribution is 0.0657. The Labute approximate surface area is 106 Å².